The van der Waals surface area contributed by atoms with E-state index >= 15 is 0 Å². The molecule has 3 rings (SSSR count). The van der Waals surface area contributed by atoms with Gasteiger partial charge in [0.05, 0.1) is 34.6 Å². The molecular weight excluding hydrogens is 390 g/mol. The largest absolute Gasteiger partial charge is 0.486 e. The maximum Gasteiger partial charge on any atom is 0.232 e. The van der Waals surface area contributed by atoms with Crippen molar-refractivity contribution in [3.8, 4) is 11.8 Å². The predicted molar refractivity (Wildman–Crippen MR) is 112 cm³/mol. The van der Waals surface area contributed by atoms with Crippen molar-refractivity contribution in [3.63, 3.8) is 0 Å². The fourth-order valence-corrected chi connectivity index (χ4v) is 3.74. The number of aromatic nitrogens is 2. The first-order valence-electron chi connectivity index (χ1n) is 9.00. The third-order valence-electron chi connectivity index (χ3n) is 4.31. The molecule has 0 amide bonds. The van der Waals surface area contributed by atoms with E-state index < -0.39 is 10.0 Å². The minimum atomic E-state index is -3.40. The average Bonchev–Trinajstić information content (AvgIpc) is 3.08. The Labute approximate surface area is 170 Å². The number of hydrogen-bond donors (Lipinski definition) is 1. The zero-order valence-corrected chi connectivity index (χ0v) is 17.4. The maximum absolute atomic E-state index is 12.2. The Bertz CT molecular complexity index is 1130. The molecule has 0 aliphatic heterocycles. The molecule has 1 aromatic heterocycles. The van der Waals surface area contributed by atoms with Crippen LogP contribution >= 0.6 is 0 Å². The monoisotopic (exact) mass is 413 g/mol. The van der Waals surface area contributed by atoms with Crippen molar-refractivity contribution in [2.75, 3.05) is 37.7 Å². The highest BCUT2D eigenvalue weighted by molar-refractivity contribution is 7.92. The molecule has 0 saturated carbocycles. The summed E-state index contributed by atoms with van der Waals surface area (Å²) < 4.78 is 31.6. The zero-order chi connectivity index (χ0) is 21.0. The van der Waals surface area contributed by atoms with Crippen molar-refractivity contribution >= 4 is 26.7 Å². The van der Waals surface area contributed by atoms with Gasteiger partial charge in [-0.3, -0.25) is 4.31 Å². The molecule has 1 N–H and O–H groups in total. The quantitative estimate of drug-likeness (QED) is 0.608. The van der Waals surface area contributed by atoms with Crippen molar-refractivity contribution < 1.29 is 13.2 Å². The van der Waals surface area contributed by atoms with Gasteiger partial charge in [0.2, 0.25) is 10.0 Å². The van der Waals surface area contributed by atoms with Gasteiger partial charge < -0.3 is 14.6 Å². The summed E-state index contributed by atoms with van der Waals surface area (Å²) in [5.74, 6) is 1.26. The Kier molecular flexibility index (Phi) is 6.06. The van der Waals surface area contributed by atoms with Gasteiger partial charge in [-0.05, 0) is 56.6 Å². The highest BCUT2D eigenvalue weighted by Crippen LogP contribution is 2.23. The molecule has 0 atom stereocenters. The Morgan fingerprint density at radius 3 is 2.48 bits per heavy atom. The van der Waals surface area contributed by atoms with Gasteiger partial charge in [0.1, 0.15) is 18.2 Å². The number of benzene rings is 2. The first kappa shape index (κ1) is 20.6. The van der Waals surface area contributed by atoms with Crippen LogP contribution in [-0.2, 0) is 16.6 Å². The van der Waals surface area contributed by atoms with Gasteiger partial charge in [-0.1, -0.05) is 0 Å². The van der Waals surface area contributed by atoms with Crippen LogP contribution in [0.2, 0.25) is 0 Å². The lowest BCUT2D eigenvalue weighted by Gasteiger charge is -2.24. The summed E-state index contributed by atoms with van der Waals surface area (Å²) in [6.07, 6.45) is 1.21. The Balaban J connectivity index is 1.78. The minimum Gasteiger partial charge on any atom is -0.486 e. The second-order valence-corrected chi connectivity index (χ2v) is 8.86. The van der Waals surface area contributed by atoms with E-state index in [0.29, 0.717) is 35.9 Å². The van der Waals surface area contributed by atoms with E-state index in [-0.39, 0.29) is 6.61 Å². The lowest BCUT2D eigenvalue weighted by atomic mass is 10.2. The third kappa shape index (κ3) is 5.25. The van der Waals surface area contributed by atoms with E-state index in [2.05, 4.69) is 16.0 Å². The summed E-state index contributed by atoms with van der Waals surface area (Å²) in [5.41, 5.74) is 2.62. The molecule has 0 radical (unpaired) electrons. The number of anilines is 1. The molecule has 0 aliphatic carbocycles. The Morgan fingerprint density at radius 2 is 1.86 bits per heavy atom. The second kappa shape index (κ2) is 8.51. The van der Waals surface area contributed by atoms with E-state index in [0.717, 1.165) is 11.0 Å². The van der Waals surface area contributed by atoms with Crippen molar-refractivity contribution in [3.05, 3.63) is 53.9 Å². The average molecular weight is 414 g/mol. The van der Waals surface area contributed by atoms with Crippen LogP contribution in [0.3, 0.4) is 0 Å². The molecular formula is C20H23N5O3S. The van der Waals surface area contributed by atoms with E-state index in [1.165, 1.54) is 10.6 Å². The van der Waals surface area contributed by atoms with E-state index in [9.17, 15) is 8.42 Å². The molecule has 0 bridgehead atoms. The van der Waals surface area contributed by atoms with Crippen LogP contribution in [0.25, 0.3) is 11.0 Å². The lowest BCUT2D eigenvalue weighted by molar-refractivity contribution is 0.297. The number of nitrogens with zero attached hydrogens (tertiary/aromatic N) is 4. The molecule has 1 heterocycles. The van der Waals surface area contributed by atoms with Crippen molar-refractivity contribution in [2.45, 2.75) is 6.61 Å². The summed E-state index contributed by atoms with van der Waals surface area (Å²) in [6, 6.07) is 14.2. The molecule has 0 aliphatic rings. The number of aromatic amines is 1. The standard InChI is InChI=1S/C20H23N5O3S/c1-24(2)10-11-25(29(3,26)27)16-6-9-18-19(12-16)23-20(22-18)14-28-17-7-4-15(13-21)5-8-17/h4-9,12H,10-11,14H2,1-3H3,(H,22,23). The summed E-state index contributed by atoms with van der Waals surface area (Å²) in [7, 11) is 0.400. The van der Waals surface area contributed by atoms with Crippen molar-refractivity contribution in [1.29, 1.82) is 5.26 Å². The highest BCUT2D eigenvalue weighted by atomic mass is 32.2. The summed E-state index contributed by atoms with van der Waals surface area (Å²) in [4.78, 5) is 9.60. The van der Waals surface area contributed by atoms with Crippen LogP contribution in [0.5, 0.6) is 5.75 Å². The number of likely N-dealkylation sites (N-methyl/N-ethyl adjacent to an activating group) is 1. The number of ether oxygens (including phenoxy) is 1. The fraction of sp³-hybridized carbons (Fsp3) is 0.300. The fourth-order valence-electron chi connectivity index (χ4n) is 2.83. The number of nitrogens with one attached hydrogen (secondary N) is 1. The Hall–Kier alpha value is -3.09. The molecule has 3 aromatic rings. The number of imidazole rings is 1. The molecule has 0 saturated heterocycles. The van der Waals surface area contributed by atoms with Gasteiger partial charge in [-0.15, -0.1) is 0 Å². The number of fused-ring (bicyclic) bond motifs is 1. The summed E-state index contributed by atoms with van der Waals surface area (Å²) in [5, 5.41) is 8.84. The smallest absolute Gasteiger partial charge is 0.232 e. The molecule has 152 valence electrons. The van der Waals surface area contributed by atoms with E-state index in [1.54, 1.807) is 42.5 Å². The van der Waals surface area contributed by atoms with Gasteiger partial charge in [0.25, 0.3) is 0 Å². The first-order valence-corrected chi connectivity index (χ1v) is 10.8. The minimum absolute atomic E-state index is 0.229. The van der Waals surface area contributed by atoms with Crippen LogP contribution in [-0.4, -0.2) is 56.7 Å². The van der Waals surface area contributed by atoms with Crippen LogP contribution in [0, 0.1) is 11.3 Å². The highest BCUT2D eigenvalue weighted by Gasteiger charge is 2.18. The van der Waals surface area contributed by atoms with Gasteiger partial charge in [0.15, 0.2) is 0 Å². The lowest BCUT2D eigenvalue weighted by Crippen LogP contribution is -2.35. The van der Waals surface area contributed by atoms with Gasteiger partial charge in [-0.25, -0.2) is 13.4 Å². The number of rotatable bonds is 8. The molecule has 2 aromatic carbocycles. The maximum atomic E-state index is 12.2. The van der Waals surface area contributed by atoms with Gasteiger partial charge in [-0.2, -0.15) is 5.26 Å². The summed E-state index contributed by atoms with van der Waals surface area (Å²) in [6.45, 7) is 1.20. The van der Waals surface area contributed by atoms with Crippen molar-refractivity contribution in [1.82, 2.24) is 14.9 Å². The SMILES string of the molecule is CN(C)CCN(c1ccc2nc(COc3ccc(C#N)cc3)[nH]c2c1)S(C)(=O)=O. The molecule has 29 heavy (non-hydrogen) atoms. The molecule has 8 nitrogen and oxygen atoms in total. The van der Waals surface area contributed by atoms with Crippen LogP contribution in [0.1, 0.15) is 11.4 Å². The number of hydrogen-bond acceptors (Lipinski definition) is 6. The number of nitriles is 1. The predicted octanol–water partition coefficient (Wildman–Crippen LogP) is 2.34. The molecule has 0 fully saturated rings. The molecule has 0 spiro atoms. The Morgan fingerprint density at radius 1 is 1.14 bits per heavy atom. The first-order chi connectivity index (χ1) is 13.8. The molecule has 0 unspecified atom stereocenters. The summed E-state index contributed by atoms with van der Waals surface area (Å²) >= 11 is 0. The van der Waals surface area contributed by atoms with E-state index in [4.69, 9.17) is 10.00 Å². The number of H-pyrrole nitrogens is 1. The van der Waals surface area contributed by atoms with Gasteiger partial charge in [0, 0.05) is 13.1 Å². The van der Waals surface area contributed by atoms with Crippen molar-refractivity contribution in [2.24, 2.45) is 0 Å². The van der Waals surface area contributed by atoms with Crippen LogP contribution in [0.4, 0.5) is 5.69 Å². The van der Waals surface area contributed by atoms with Crippen LogP contribution < -0.4 is 9.04 Å². The normalized spacial score (nSPS) is 11.6. The second-order valence-electron chi connectivity index (χ2n) is 6.95. The third-order valence-corrected chi connectivity index (χ3v) is 5.51. The van der Waals surface area contributed by atoms with Gasteiger partial charge >= 0.3 is 0 Å². The topological polar surface area (TPSA) is 102 Å². The molecule has 9 heteroatoms. The van der Waals surface area contributed by atoms with E-state index in [1.807, 2.05) is 19.0 Å². The number of sulfonamides is 1. The van der Waals surface area contributed by atoms with Crippen LogP contribution in [0.15, 0.2) is 42.5 Å². The zero-order valence-electron chi connectivity index (χ0n) is 16.6.